The summed E-state index contributed by atoms with van der Waals surface area (Å²) in [5.41, 5.74) is 2.33. The van der Waals surface area contributed by atoms with Crippen molar-refractivity contribution in [2.75, 3.05) is 6.26 Å². The average Bonchev–Trinajstić information content (AvgIpc) is 3.35. The van der Waals surface area contributed by atoms with E-state index in [1.54, 1.807) is 36.6 Å². The predicted molar refractivity (Wildman–Crippen MR) is 131 cm³/mol. The second-order valence-electron chi connectivity index (χ2n) is 9.28. The molecule has 2 aromatic heterocycles. The molecule has 0 spiro atoms. The van der Waals surface area contributed by atoms with Crippen LogP contribution in [0.1, 0.15) is 54.4 Å². The van der Waals surface area contributed by atoms with E-state index in [0.717, 1.165) is 17.6 Å². The number of carbonyl (C=O) groups is 1. The first-order valence-corrected chi connectivity index (χ1v) is 15.3. The van der Waals surface area contributed by atoms with Gasteiger partial charge < -0.3 is 0 Å². The van der Waals surface area contributed by atoms with E-state index >= 15 is 0 Å². The Hall–Kier alpha value is -2.14. The highest BCUT2D eigenvalue weighted by molar-refractivity contribution is 8.01. The maximum absolute atomic E-state index is 13.2. The number of benzene rings is 1. The van der Waals surface area contributed by atoms with Gasteiger partial charge in [-0.2, -0.15) is 0 Å². The van der Waals surface area contributed by atoms with Crippen LogP contribution < -0.4 is 0 Å². The van der Waals surface area contributed by atoms with Gasteiger partial charge in [0.2, 0.25) is 9.84 Å². The number of hydrogen-bond acceptors (Lipinski definition) is 8. The number of ketones is 1. The van der Waals surface area contributed by atoms with Crippen LogP contribution in [0, 0.1) is 5.41 Å². The molecule has 0 fully saturated rings. The van der Waals surface area contributed by atoms with E-state index in [2.05, 4.69) is 4.98 Å². The van der Waals surface area contributed by atoms with Crippen molar-refractivity contribution in [3.63, 3.8) is 0 Å². The molecule has 1 aliphatic carbocycles. The first-order valence-electron chi connectivity index (χ1n) is 10.2. The maximum atomic E-state index is 13.2. The first kappa shape index (κ1) is 22.6. The molecule has 0 saturated carbocycles. The molecule has 0 atom stereocenters. The number of Topliss-reactive ketones (excluding diaryl/α,β-unsaturated/α-hetero) is 1. The van der Waals surface area contributed by atoms with Gasteiger partial charge in [0, 0.05) is 18.1 Å². The largest absolute Gasteiger partial charge is 0.294 e. The van der Waals surface area contributed by atoms with Crippen LogP contribution in [0.3, 0.4) is 0 Å². The highest BCUT2D eigenvalue weighted by atomic mass is 32.2. The number of carbonyl (C=O) groups excluding carboxylic acids is 1. The van der Waals surface area contributed by atoms with Gasteiger partial charge in [-0.3, -0.25) is 4.79 Å². The molecule has 0 saturated heterocycles. The van der Waals surface area contributed by atoms with Crippen molar-refractivity contribution in [2.24, 2.45) is 5.41 Å². The molecule has 5 rings (SSSR count). The van der Waals surface area contributed by atoms with Crippen molar-refractivity contribution >= 4 is 58.6 Å². The number of nitrogens with zero attached hydrogens (tertiary/aromatic N) is 1. The van der Waals surface area contributed by atoms with Gasteiger partial charge in [0.15, 0.2) is 15.6 Å². The van der Waals surface area contributed by atoms with Crippen LogP contribution in [0.15, 0.2) is 38.8 Å². The van der Waals surface area contributed by atoms with Gasteiger partial charge >= 0.3 is 0 Å². The third-order valence-electron chi connectivity index (χ3n) is 6.01. The van der Waals surface area contributed by atoms with Gasteiger partial charge in [-0.25, -0.2) is 21.8 Å². The van der Waals surface area contributed by atoms with Crippen molar-refractivity contribution in [1.82, 2.24) is 4.98 Å². The molecule has 3 heterocycles. The molecule has 2 aliphatic rings. The highest BCUT2D eigenvalue weighted by Gasteiger charge is 2.40. The summed E-state index contributed by atoms with van der Waals surface area (Å²) in [4.78, 5) is 18.7. The molecule has 10 heteroatoms. The van der Waals surface area contributed by atoms with E-state index in [9.17, 15) is 21.6 Å². The van der Waals surface area contributed by atoms with E-state index in [-0.39, 0.29) is 37.2 Å². The molecule has 3 aromatic rings. The fourth-order valence-electron chi connectivity index (χ4n) is 4.65. The number of hydrogen-bond donors (Lipinski definition) is 0. The molecule has 0 unspecified atom stereocenters. The predicted octanol–water partition coefficient (Wildman–Crippen LogP) is 5.11. The van der Waals surface area contributed by atoms with E-state index in [1.165, 1.54) is 11.3 Å². The Balaban J connectivity index is 1.69. The minimum atomic E-state index is -3.70. The summed E-state index contributed by atoms with van der Waals surface area (Å²) < 4.78 is 51.5. The van der Waals surface area contributed by atoms with Crippen LogP contribution >= 0.6 is 22.7 Å². The van der Waals surface area contributed by atoms with Crippen LogP contribution in [-0.2, 0) is 26.1 Å². The number of rotatable bonds is 3. The third kappa shape index (κ3) is 3.46. The van der Waals surface area contributed by atoms with Crippen LogP contribution in [0.4, 0.5) is 0 Å². The zero-order valence-electron chi connectivity index (χ0n) is 18.4. The summed E-state index contributed by atoms with van der Waals surface area (Å²) in [5, 5.41) is 2.22. The molecular weight excluding hydrogens is 499 g/mol. The van der Waals surface area contributed by atoms with Gasteiger partial charge in [-0.05, 0) is 41.5 Å². The van der Waals surface area contributed by atoms with Crippen molar-refractivity contribution in [3.8, 4) is 9.88 Å². The molecule has 0 amide bonds. The van der Waals surface area contributed by atoms with Crippen LogP contribution in [0.5, 0.6) is 0 Å². The zero-order chi connectivity index (χ0) is 23.9. The second kappa shape index (κ2) is 7.18. The Morgan fingerprint density at radius 3 is 2.48 bits per heavy atom. The first-order chi connectivity index (χ1) is 15.3. The molecular formula is C23H21NO5S4. The minimum Gasteiger partial charge on any atom is -0.294 e. The maximum Gasteiger partial charge on any atom is 0.209 e. The van der Waals surface area contributed by atoms with E-state index in [1.807, 2.05) is 13.8 Å². The summed E-state index contributed by atoms with van der Waals surface area (Å²) >= 11 is 2.32. The number of thiophene rings is 1. The number of thiazole rings is 1. The lowest BCUT2D eigenvalue weighted by Crippen LogP contribution is -2.27. The van der Waals surface area contributed by atoms with Gasteiger partial charge in [0.25, 0.3) is 0 Å². The number of sulfone groups is 2. The SMILES string of the molecule is CC1=C(c2csc(-c3sc(S(C)(=O)=O)c4c3CC(C)(C)CC4=O)n2)S(=O)(=O)c2ccccc21. The lowest BCUT2D eigenvalue weighted by molar-refractivity contribution is 0.0910. The molecule has 0 bridgehead atoms. The van der Waals surface area contributed by atoms with E-state index in [0.29, 0.717) is 38.7 Å². The van der Waals surface area contributed by atoms with Gasteiger partial charge in [-0.1, -0.05) is 32.0 Å². The average molecular weight is 520 g/mol. The Morgan fingerprint density at radius 1 is 1.12 bits per heavy atom. The summed E-state index contributed by atoms with van der Waals surface area (Å²) in [7, 11) is -7.31. The zero-order valence-corrected chi connectivity index (χ0v) is 21.7. The quantitative estimate of drug-likeness (QED) is 0.477. The standard InChI is InChI=1S/C23H21NO5S4/c1-12-13-7-5-6-8-17(13)33(28,29)20(12)15-11-30-21(24-15)19-14-9-23(2,3)10-16(25)18(14)22(31-19)32(4,26)27/h5-8,11H,9-10H2,1-4H3. The third-order valence-corrected chi connectivity index (χ3v) is 12.1. The summed E-state index contributed by atoms with van der Waals surface area (Å²) in [6, 6.07) is 6.87. The fraction of sp³-hybridized carbons (Fsp3) is 0.304. The Bertz CT molecular complexity index is 1600. The number of allylic oxidation sites excluding steroid dienone is 1. The summed E-state index contributed by atoms with van der Waals surface area (Å²) in [6.45, 7) is 5.74. The monoisotopic (exact) mass is 519 g/mol. The van der Waals surface area contributed by atoms with Gasteiger partial charge in [0.05, 0.1) is 21.0 Å². The van der Waals surface area contributed by atoms with Crippen molar-refractivity contribution in [3.05, 3.63) is 52.0 Å². The van der Waals surface area contributed by atoms with Crippen LogP contribution in [-0.4, -0.2) is 33.9 Å². The summed E-state index contributed by atoms with van der Waals surface area (Å²) in [6.07, 6.45) is 1.94. The topological polar surface area (TPSA) is 98.2 Å². The van der Waals surface area contributed by atoms with Crippen LogP contribution in [0.25, 0.3) is 20.4 Å². The fourth-order valence-corrected chi connectivity index (χ4v) is 10.1. The molecule has 172 valence electrons. The van der Waals surface area contributed by atoms with Crippen LogP contribution in [0.2, 0.25) is 0 Å². The summed E-state index contributed by atoms with van der Waals surface area (Å²) in [5.74, 6) is -0.173. The smallest absolute Gasteiger partial charge is 0.209 e. The molecule has 1 aliphatic heterocycles. The Labute approximate surface area is 200 Å². The highest BCUT2D eigenvalue weighted by Crippen LogP contribution is 2.49. The van der Waals surface area contributed by atoms with Crippen molar-refractivity contribution in [2.45, 2.75) is 42.7 Å². The lowest BCUT2D eigenvalue weighted by Gasteiger charge is -2.29. The van der Waals surface area contributed by atoms with Crippen molar-refractivity contribution in [1.29, 1.82) is 0 Å². The van der Waals surface area contributed by atoms with Gasteiger partial charge in [0.1, 0.15) is 14.1 Å². The van der Waals surface area contributed by atoms with E-state index < -0.39 is 19.7 Å². The molecule has 33 heavy (non-hydrogen) atoms. The molecule has 0 radical (unpaired) electrons. The normalized spacial score (nSPS) is 19.0. The molecule has 1 aromatic carbocycles. The Morgan fingerprint density at radius 2 is 1.82 bits per heavy atom. The van der Waals surface area contributed by atoms with Crippen molar-refractivity contribution < 1.29 is 21.6 Å². The van der Waals surface area contributed by atoms with Gasteiger partial charge in [-0.15, -0.1) is 22.7 Å². The Kier molecular flexibility index (Phi) is 4.93. The second-order valence-corrected chi connectivity index (χ2v) is 15.2. The molecule has 6 nitrogen and oxygen atoms in total. The minimum absolute atomic E-state index is 0.0704. The van der Waals surface area contributed by atoms with E-state index in [4.69, 9.17) is 0 Å². The number of aromatic nitrogens is 1. The lowest BCUT2D eigenvalue weighted by atomic mass is 9.74. The molecule has 0 N–H and O–H groups in total. The number of fused-ring (bicyclic) bond motifs is 2.